The van der Waals surface area contributed by atoms with Crippen molar-refractivity contribution in [1.29, 1.82) is 0 Å². The minimum atomic E-state index is -5.73. The Kier molecular flexibility index (Phi) is 3.94. The molecule has 0 unspecified atom stereocenters. The molecular weight excluding hydrogens is 424 g/mol. The van der Waals surface area contributed by atoms with E-state index in [4.69, 9.17) is 4.74 Å². The van der Waals surface area contributed by atoms with Gasteiger partial charge in [-0.2, -0.15) is 21.6 Å². The summed E-state index contributed by atoms with van der Waals surface area (Å²) in [6.45, 7) is 3.52. The van der Waals surface area contributed by atoms with Crippen LogP contribution < -0.4 is 8.92 Å². The second-order valence-corrected chi connectivity index (χ2v) is 7.51. The number of fused-ring (bicyclic) bond motifs is 1. The van der Waals surface area contributed by atoms with Crippen LogP contribution in [0.3, 0.4) is 0 Å². The van der Waals surface area contributed by atoms with E-state index in [1.807, 2.05) is 0 Å². The average Bonchev–Trinajstić information content (AvgIpc) is 2.30. The molecule has 116 valence electrons. The van der Waals surface area contributed by atoms with Crippen LogP contribution in [0.2, 0.25) is 0 Å². The van der Waals surface area contributed by atoms with E-state index in [0.717, 1.165) is 0 Å². The van der Waals surface area contributed by atoms with Crippen molar-refractivity contribution in [3.63, 3.8) is 0 Å². The van der Waals surface area contributed by atoms with Crippen LogP contribution in [0.1, 0.15) is 19.4 Å². The lowest BCUT2D eigenvalue weighted by molar-refractivity contribution is -0.0500. The molecule has 0 N–H and O–H groups in total. The molecule has 0 saturated carbocycles. The van der Waals surface area contributed by atoms with E-state index >= 15 is 0 Å². The maximum atomic E-state index is 12.4. The molecule has 21 heavy (non-hydrogen) atoms. The topological polar surface area (TPSA) is 52.6 Å². The Morgan fingerprint density at radius 1 is 1.29 bits per heavy atom. The zero-order valence-corrected chi connectivity index (χ0v) is 13.8. The maximum Gasteiger partial charge on any atom is 0.534 e. The number of benzene rings is 1. The fraction of sp³-hybridized carbons (Fsp3) is 0.333. The maximum absolute atomic E-state index is 12.4. The van der Waals surface area contributed by atoms with Gasteiger partial charge in [0.2, 0.25) is 0 Å². The van der Waals surface area contributed by atoms with E-state index in [1.54, 1.807) is 48.6 Å². The van der Waals surface area contributed by atoms with Crippen LogP contribution in [-0.4, -0.2) is 19.5 Å². The minimum absolute atomic E-state index is 0.161. The summed E-state index contributed by atoms with van der Waals surface area (Å²) in [4.78, 5) is 0. The van der Waals surface area contributed by atoms with E-state index in [2.05, 4.69) is 4.18 Å². The largest absolute Gasteiger partial charge is 0.534 e. The van der Waals surface area contributed by atoms with Crippen molar-refractivity contribution in [2.75, 3.05) is 0 Å². The summed E-state index contributed by atoms with van der Waals surface area (Å²) in [5.74, 6) is -0.132. The summed E-state index contributed by atoms with van der Waals surface area (Å²) in [5, 5.41) is 0. The molecule has 0 saturated heterocycles. The van der Waals surface area contributed by atoms with Gasteiger partial charge in [0.15, 0.2) is 5.75 Å². The summed E-state index contributed by atoms with van der Waals surface area (Å²) < 4.78 is 69.7. The van der Waals surface area contributed by atoms with Gasteiger partial charge in [0.1, 0.15) is 11.4 Å². The highest BCUT2D eigenvalue weighted by Crippen LogP contribution is 2.41. The first-order chi connectivity index (χ1) is 9.43. The Labute approximate surface area is 133 Å². The van der Waals surface area contributed by atoms with Crippen LogP contribution >= 0.6 is 22.6 Å². The lowest BCUT2D eigenvalue weighted by atomic mass is 10.0. The first-order valence-electron chi connectivity index (χ1n) is 5.64. The predicted octanol–water partition coefficient (Wildman–Crippen LogP) is 3.70. The van der Waals surface area contributed by atoms with Crippen molar-refractivity contribution in [3.05, 3.63) is 27.3 Å². The molecule has 0 amide bonds. The van der Waals surface area contributed by atoms with Gasteiger partial charge in [0.25, 0.3) is 0 Å². The molecule has 0 aliphatic carbocycles. The lowest BCUT2D eigenvalue weighted by Gasteiger charge is -2.28. The summed E-state index contributed by atoms with van der Waals surface area (Å²) in [7, 11) is -5.73. The Morgan fingerprint density at radius 2 is 1.90 bits per heavy atom. The molecule has 1 heterocycles. The smallest absolute Gasteiger partial charge is 0.483 e. The van der Waals surface area contributed by atoms with Gasteiger partial charge in [-0.1, -0.05) is 0 Å². The molecule has 0 fully saturated rings. The predicted molar refractivity (Wildman–Crippen MR) is 78.5 cm³/mol. The van der Waals surface area contributed by atoms with Gasteiger partial charge >= 0.3 is 15.6 Å². The normalized spacial score (nSPS) is 17.0. The highest BCUT2D eigenvalue weighted by Gasteiger charge is 2.49. The van der Waals surface area contributed by atoms with Crippen LogP contribution in [-0.2, 0) is 10.1 Å². The molecule has 9 heteroatoms. The first kappa shape index (κ1) is 16.4. The Hall–Kier alpha value is -0.970. The van der Waals surface area contributed by atoms with E-state index in [0.29, 0.717) is 0 Å². The highest BCUT2D eigenvalue weighted by atomic mass is 127. The number of hydrogen-bond acceptors (Lipinski definition) is 4. The van der Waals surface area contributed by atoms with E-state index in [9.17, 15) is 21.6 Å². The standard InChI is InChI=1S/C12H10F3IO4S/c1-11(2)6-5-7-9(19-11)4-3-8(16)10(7)20-21(17,18)12(13,14)15/h3-6H,1-2H3. The fourth-order valence-corrected chi connectivity index (χ4v) is 2.87. The second-order valence-electron chi connectivity index (χ2n) is 4.81. The number of alkyl halides is 3. The van der Waals surface area contributed by atoms with Crippen molar-refractivity contribution in [2.45, 2.75) is 25.0 Å². The number of hydrogen-bond donors (Lipinski definition) is 0. The van der Waals surface area contributed by atoms with Crippen molar-refractivity contribution in [3.8, 4) is 11.5 Å². The molecule has 0 aromatic heterocycles. The minimum Gasteiger partial charge on any atom is -0.483 e. The molecule has 2 rings (SSSR count). The van der Waals surface area contributed by atoms with Crippen LogP contribution in [0.5, 0.6) is 11.5 Å². The zero-order chi connectivity index (χ0) is 16.1. The van der Waals surface area contributed by atoms with Gasteiger partial charge in [0.05, 0.1) is 9.13 Å². The van der Waals surface area contributed by atoms with Crippen molar-refractivity contribution in [1.82, 2.24) is 0 Å². The lowest BCUT2D eigenvalue weighted by Crippen LogP contribution is -2.30. The second kappa shape index (κ2) is 5.04. The zero-order valence-electron chi connectivity index (χ0n) is 10.9. The van der Waals surface area contributed by atoms with Gasteiger partial charge in [-0.3, -0.25) is 0 Å². The third kappa shape index (κ3) is 3.28. The van der Waals surface area contributed by atoms with Crippen molar-refractivity contribution >= 4 is 38.8 Å². The molecule has 1 aromatic carbocycles. The van der Waals surface area contributed by atoms with Crippen LogP contribution in [0.25, 0.3) is 6.08 Å². The molecule has 1 aliphatic heterocycles. The molecule has 0 bridgehead atoms. The molecule has 1 aliphatic rings. The molecule has 4 nitrogen and oxygen atoms in total. The first-order valence-corrected chi connectivity index (χ1v) is 8.13. The van der Waals surface area contributed by atoms with Gasteiger partial charge in [0, 0.05) is 0 Å². The van der Waals surface area contributed by atoms with Gasteiger partial charge in [-0.15, -0.1) is 0 Å². The van der Waals surface area contributed by atoms with Crippen LogP contribution in [0, 0.1) is 3.57 Å². The quantitative estimate of drug-likeness (QED) is 0.405. The Morgan fingerprint density at radius 3 is 2.48 bits per heavy atom. The summed E-state index contributed by atoms with van der Waals surface area (Å²) in [6, 6.07) is 2.98. The van der Waals surface area contributed by atoms with E-state index in [1.165, 1.54) is 12.1 Å². The van der Waals surface area contributed by atoms with Crippen molar-refractivity contribution in [2.24, 2.45) is 0 Å². The highest BCUT2D eigenvalue weighted by molar-refractivity contribution is 14.1. The molecular formula is C12H10F3IO4S. The van der Waals surface area contributed by atoms with Crippen molar-refractivity contribution < 1.29 is 30.5 Å². The Balaban J connectivity index is 2.52. The van der Waals surface area contributed by atoms with E-state index < -0.39 is 27.0 Å². The Bertz CT molecular complexity index is 708. The molecule has 0 radical (unpaired) electrons. The average molecular weight is 434 g/mol. The third-order valence-corrected chi connectivity index (χ3v) is 4.41. The van der Waals surface area contributed by atoms with Gasteiger partial charge < -0.3 is 8.92 Å². The summed E-state index contributed by atoms with van der Waals surface area (Å²) >= 11 is 1.70. The number of rotatable bonds is 2. The number of halogens is 4. The molecule has 0 spiro atoms. The summed E-state index contributed by atoms with van der Waals surface area (Å²) in [6.07, 6.45) is 3.10. The van der Waals surface area contributed by atoms with Crippen LogP contribution in [0.15, 0.2) is 18.2 Å². The van der Waals surface area contributed by atoms with Gasteiger partial charge in [-0.05, 0) is 60.7 Å². The van der Waals surface area contributed by atoms with Gasteiger partial charge in [-0.25, -0.2) is 0 Å². The monoisotopic (exact) mass is 434 g/mol. The third-order valence-electron chi connectivity index (χ3n) is 2.61. The molecule has 0 atom stereocenters. The molecule has 1 aromatic rings. The van der Waals surface area contributed by atoms with E-state index in [-0.39, 0.29) is 14.9 Å². The summed E-state index contributed by atoms with van der Waals surface area (Å²) in [5.41, 5.74) is -5.97. The number of ether oxygens (including phenoxy) is 1. The fourth-order valence-electron chi connectivity index (χ4n) is 1.64. The SMILES string of the molecule is CC1(C)C=Cc2c(ccc(I)c2OS(=O)(=O)C(F)(F)F)O1. The van der Waals surface area contributed by atoms with Crippen LogP contribution in [0.4, 0.5) is 13.2 Å².